The van der Waals surface area contributed by atoms with Gasteiger partial charge in [0.25, 0.3) is 5.91 Å². The number of benzene rings is 1. The van der Waals surface area contributed by atoms with Crippen LogP contribution in [-0.4, -0.2) is 35.3 Å². The Morgan fingerprint density at radius 2 is 1.96 bits per heavy atom. The second-order valence-corrected chi connectivity index (χ2v) is 6.74. The molecule has 1 atom stereocenters. The number of imide groups is 1. The first-order chi connectivity index (χ1) is 11.4. The molecule has 24 heavy (non-hydrogen) atoms. The van der Waals surface area contributed by atoms with Crippen molar-refractivity contribution in [3.05, 3.63) is 35.4 Å². The summed E-state index contributed by atoms with van der Waals surface area (Å²) in [4.78, 5) is 37.9. The van der Waals surface area contributed by atoms with E-state index in [1.807, 2.05) is 24.3 Å². The molecule has 128 valence electrons. The summed E-state index contributed by atoms with van der Waals surface area (Å²) < 4.78 is 0. The van der Waals surface area contributed by atoms with Crippen LogP contribution in [0.25, 0.3) is 0 Å². The molecule has 2 N–H and O–H groups in total. The third-order valence-electron chi connectivity index (χ3n) is 4.59. The monoisotopic (exact) mass is 329 g/mol. The summed E-state index contributed by atoms with van der Waals surface area (Å²) in [5.74, 6) is -0.676. The normalized spacial score (nSPS) is 23.3. The van der Waals surface area contributed by atoms with Gasteiger partial charge >= 0.3 is 6.03 Å². The summed E-state index contributed by atoms with van der Waals surface area (Å²) in [6.07, 6.45) is 3.96. The molecule has 4 amide bonds. The molecule has 6 heteroatoms. The van der Waals surface area contributed by atoms with Crippen LogP contribution in [0.4, 0.5) is 4.79 Å². The number of carbonyl (C=O) groups is 3. The van der Waals surface area contributed by atoms with Crippen LogP contribution in [0.15, 0.2) is 24.3 Å². The van der Waals surface area contributed by atoms with Crippen molar-refractivity contribution in [3.63, 3.8) is 0 Å². The van der Waals surface area contributed by atoms with E-state index in [-0.39, 0.29) is 24.4 Å². The lowest BCUT2D eigenvalue weighted by molar-refractivity contribution is -0.134. The molecule has 6 nitrogen and oxygen atoms in total. The van der Waals surface area contributed by atoms with E-state index < -0.39 is 11.6 Å². The van der Waals surface area contributed by atoms with E-state index in [9.17, 15) is 14.4 Å². The van der Waals surface area contributed by atoms with Crippen molar-refractivity contribution < 1.29 is 14.4 Å². The van der Waals surface area contributed by atoms with Gasteiger partial charge in [-0.1, -0.05) is 37.6 Å². The minimum absolute atomic E-state index is 0.204. The standard InChI is InChI=1S/C18H23N3O3/c1-3-4-12-5-7-13(8-6-12)18(2)16(23)21(17(24)20-18)11-15(22)19-14-9-10-14/h5-8,14H,3-4,9-11H2,1-2H3,(H,19,22)(H,20,24)/t18-/m0/s1. The molecule has 1 saturated heterocycles. The summed E-state index contributed by atoms with van der Waals surface area (Å²) in [7, 11) is 0. The fraction of sp³-hybridized carbons (Fsp3) is 0.500. The molecule has 2 aliphatic rings. The smallest absolute Gasteiger partial charge is 0.325 e. The van der Waals surface area contributed by atoms with Crippen LogP contribution in [0, 0.1) is 0 Å². The molecular formula is C18H23N3O3. The van der Waals surface area contributed by atoms with Gasteiger partial charge in [0, 0.05) is 6.04 Å². The Bertz CT molecular complexity index is 667. The third-order valence-corrected chi connectivity index (χ3v) is 4.59. The molecule has 1 aliphatic carbocycles. The number of carbonyl (C=O) groups excluding carboxylic acids is 3. The molecule has 2 fully saturated rings. The van der Waals surface area contributed by atoms with Gasteiger partial charge in [-0.05, 0) is 37.3 Å². The summed E-state index contributed by atoms with van der Waals surface area (Å²) in [5.41, 5.74) is 0.801. The van der Waals surface area contributed by atoms with Crippen LogP contribution in [0.3, 0.4) is 0 Å². The maximum absolute atomic E-state index is 12.7. The molecule has 0 radical (unpaired) electrons. The van der Waals surface area contributed by atoms with Crippen LogP contribution in [0.1, 0.15) is 44.2 Å². The molecule has 0 aromatic heterocycles. The predicted octanol–water partition coefficient (Wildman–Crippen LogP) is 1.68. The third kappa shape index (κ3) is 3.13. The van der Waals surface area contributed by atoms with Crippen molar-refractivity contribution in [2.45, 2.75) is 51.1 Å². The Kier molecular flexibility index (Phi) is 4.30. The van der Waals surface area contributed by atoms with Crippen molar-refractivity contribution in [1.29, 1.82) is 0 Å². The molecule has 1 aliphatic heterocycles. The van der Waals surface area contributed by atoms with Gasteiger partial charge in [-0.3, -0.25) is 14.5 Å². The van der Waals surface area contributed by atoms with Crippen LogP contribution in [0.2, 0.25) is 0 Å². The first-order valence-electron chi connectivity index (χ1n) is 8.47. The SMILES string of the molecule is CCCc1ccc([C@]2(C)NC(=O)N(CC(=O)NC3CC3)C2=O)cc1. The number of nitrogens with zero attached hydrogens (tertiary/aromatic N) is 1. The van der Waals surface area contributed by atoms with E-state index in [2.05, 4.69) is 17.6 Å². The van der Waals surface area contributed by atoms with E-state index in [4.69, 9.17) is 0 Å². The zero-order valence-electron chi connectivity index (χ0n) is 14.1. The predicted molar refractivity (Wildman–Crippen MR) is 89.2 cm³/mol. The number of rotatable bonds is 6. The fourth-order valence-electron chi connectivity index (χ4n) is 2.97. The molecule has 0 unspecified atom stereocenters. The van der Waals surface area contributed by atoms with Crippen LogP contribution >= 0.6 is 0 Å². The van der Waals surface area contributed by atoms with Gasteiger partial charge in [0.2, 0.25) is 5.91 Å². The Hall–Kier alpha value is -2.37. The lowest BCUT2D eigenvalue weighted by atomic mass is 9.91. The molecule has 1 aromatic rings. The first kappa shape index (κ1) is 16.5. The van der Waals surface area contributed by atoms with Crippen LogP contribution in [-0.2, 0) is 21.5 Å². The van der Waals surface area contributed by atoms with Gasteiger partial charge in [0.1, 0.15) is 12.1 Å². The lowest BCUT2D eigenvalue weighted by Gasteiger charge is -2.22. The minimum Gasteiger partial charge on any atom is -0.352 e. The van der Waals surface area contributed by atoms with Crippen molar-refractivity contribution in [2.24, 2.45) is 0 Å². The number of urea groups is 1. The summed E-state index contributed by atoms with van der Waals surface area (Å²) in [5, 5.41) is 5.53. The minimum atomic E-state index is -1.12. The van der Waals surface area contributed by atoms with Crippen molar-refractivity contribution in [2.75, 3.05) is 6.54 Å². The summed E-state index contributed by atoms with van der Waals surface area (Å²) in [6.45, 7) is 3.56. The number of amides is 4. The molecule has 1 saturated carbocycles. The molecule has 0 bridgehead atoms. The first-order valence-corrected chi connectivity index (χ1v) is 8.47. The zero-order chi connectivity index (χ0) is 17.3. The van der Waals surface area contributed by atoms with Crippen LogP contribution in [0.5, 0.6) is 0 Å². The zero-order valence-corrected chi connectivity index (χ0v) is 14.1. The number of hydrogen-bond donors (Lipinski definition) is 2. The average Bonchev–Trinajstić information content (AvgIpc) is 3.33. The van der Waals surface area contributed by atoms with E-state index in [0.717, 1.165) is 36.1 Å². The van der Waals surface area contributed by atoms with Gasteiger partial charge in [-0.25, -0.2) is 4.79 Å². The van der Waals surface area contributed by atoms with E-state index >= 15 is 0 Å². The maximum Gasteiger partial charge on any atom is 0.325 e. The molecule has 3 rings (SSSR count). The summed E-state index contributed by atoms with van der Waals surface area (Å²) >= 11 is 0. The van der Waals surface area contributed by atoms with E-state index in [1.54, 1.807) is 6.92 Å². The van der Waals surface area contributed by atoms with E-state index in [1.165, 1.54) is 5.56 Å². The van der Waals surface area contributed by atoms with Crippen molar-refractivity contribution in [1.82, 2.24) is 15.5 Å². The number of nitrogens with one attached hydrogen (secondary N) is 2. The number of hydrogen-bond acceptors (Lipinski definition) is 3. The largest absolute Gasteiger partial charge is 0.352 e. The maximum atomic E-state index is 12.7. The highest BCUT2D eigenvalue weighted by atomic mass is 16.2. The molecule has 0 spiro atoms. The average molecular weight is 329 g/mol. The van der Waals surface area contributed by atoms with Gasteiger partial charge in [0.05, 0.1) is 0 Å². The van der Waals surface area contributed by atoms with Crippen LogP contribution < -0.4 is 10.6 Å². The molecular weight excluding hydrogens is 306 g/mol. The highest BCUT2D eigenvalue weighted by Crippen LogP contribution is 2.29. The second-order valence-electron chi connectivity index (χ2n) is 6.74. The molecule has 1 aromatic carbocycles. The Labute approximate surface area is 141 Å². The van der Waals surface area contributed by atoms with Gasteiger partial charge < -0.3 is 10.6 Å². The van der Waals surface area contributed by atoms with Gasteiger partial charge in [-0.2, -0.15) is 0 Å². The summed E-state index contributed by atoms with van der Waals surface area (Å²) in [6, 6.07) is 7.38. The van der Waals surface area contributed by atoms with E-state index in [0.29, 0.717) is 0 Å². The highest BCUT2D eigenvalue weighted by Gasteiger charge is 2.49. The van der Waals surface area contributed by atoms with Crippen molar-refractivity contribution >= 4 is 17.8 Å². The Balaban J connectivity index is 1.74. The Morgan fingerprint density at radius 1 is 1.29 bits per heavy atom. The second kappa shape index (κ2) is 6.26. The highest BCUT2D eigenvalue weighted by molar-refractivity contribution is 6.09. The lowest BCUT2D eigenvalue weighted by Crippen LogP contribution is -2.43. The fourth-order valence-corrected chi connectivity index (χ4v) is 2.97. The number of aryl methyl sites for hydroxylation is 1. The van der Waals surface area contributed by atoms with Gasteiger partial charge in [0.15, 0.2) is 0 Å². The van der Waals surface area contributed by atoms with Gasteiger partial charge in [-0.15, -0.1) is 0 Å². The quantitative estimate of drug-likeness (QED) is 0.780. The Morgan fingerprint density at radius 3 is 2.54 bits per heavy atom. The molecule has 1 heterocycles. The van der Waals surface area contributed by atoms with Crippen molar-refractivity contribution in [3.8, 4) is 0 Å². The topological polar surface area (TPSA) is 78.5 Å².